The maximum absolute atomic E-state index is 8.66. The number of hydrogen-bond acceptors (Lipinski definition) is 18. The second kappa shape index (κ2) is 29.8. The molecule has 0 spiro atoms. The van der Waals surface area contributed by atoms with E-state index in [4.69, 9.17) is 41.1 Å². The summed E-state index contributed by atoms with van der Waals surface area (Å²) in [6, 6.07) is 18.9. The number of halogens is 1. The molecule has 5 saturated carbocycles. The highest BCUT2D eigenvalue weighted by atomic mass is 35.5. The average molecular weight is 1240 g/mol. The lowest BCUT2D eigenvalue weighted by molar-refractivity contribution is 0.397. The Labute approximate surface area is 525 Å². The van der Waals surface area contributed by atoms with E-state index in [2.05, 4.69) is 70.1 Å². The highest BCUT2D eigenvalue weighted by Crippen LogP contribution is 2.61. The van der Waals surface area contributed by atoms with Gasteiger partial charge in [0.2, 0.25) is 23.7 Å². The van der Waals surface area contributed by atoms with Crippen LogP contribution in [0.1, 0.15) is 160 Å². The van der Waals surface area contributed by atoms with Crippen LogP contribution in [0.15, 0.2) is 110 Å². The fourth-order valence-electron chi connectivity index (χ4n) is 14.0. The molecule has 0 amide bonds. The van der Waals surface area contributed by atoms with Crippen LogP contribution in [-0.2, 0) is 0 Å². The summed E-state index contributed by atoms with van der Waals surface area (Å²) in [6.07, 6.45) is 47.6. The summed E-state index contributed by atoms with van der Waals surface area (Å²) < 4.78 is 14.5. The van der Waals surface area contributed by atoms with Gasteiger partial charge in [0.15, 0.2) is 16.8 Å². The van der Waals surface area contributed by atoms with E-state index in [1.165, 1.54) is 94.1 Å². The molecule has 0 bridgehead atoms. The highest BCUT2D eigenvalue weighted by Gasteiger charge is 2.37. The van der Waals surface area contributed by atoms with Crippen LogP contribution in [0.5, 0.6) is 11.8 Å². The van der Waals surface area contributed by atoms with Crippen LogP contribution in [0.4, 0.5) is 23.5 Å². The smallest absolute Gasteiger partial charge is 0.481 e. The largest absolute Gasteiger partial charge is 0.490 e. The Hall–Kier alpha value is -7.58. The summed E-state index contributed by atoms with van der Waals surface area (Å²) in [6.45, 7) is 0. The van der Waals surface area contributed by atoms with Gasteiger partial charge in [0.25, 0.3) is 0 Å². The zero-order chi connectivity index (χ0) is 60.9. The van der Waals surface area contributed by atoms with Crippen molar-refractivity contribution in [1.29, 1.82) is 0 Å². The van der Waals surface area contributed by atoms with Gasteiger partial charge in [-0.3, -0.25) is 9.97 Å². The molecule has 5 aliphatic carbocycles. The van der Waals surface area contributed by atoms with Crippen molar-refractivity contribution in [3.05, 3.63) is 115 Å². The van der Waals surface area contributed by atoms with Crippen LogP contribution in [0.25, 0.3) is 55.1 Å². The first-order valence-corrected chi connectivity index (χ1v) is 33.9. The second-order valence-electron chi connectivity index (χ2n) is 24.0. The van der Waals surface area contributed by atoms with Crippen molar-refractivity contribution < 1.29 is 19.5 Å². The van der Waals surface area contributed by atoms with E-state index >= 15 is 0 Å². The molecular formula is C66H79BClN16O4P. The first kappa shape index (κ1) is 61.7. The minimum atomic E-state index is -1.46. The molecule has 0 saturated heterocycles. The number of hydrogen-bond donors (Lipinski definition) is 4. The topological polar surface area (TPSA) is 248 Å². The molecule has 0 radical (unpaired) electrons. The summed E-state index contributed by atoms with van der Waals surface area (Å²) >= 11 is 5.79. The fraction of sp³-hybridized carbons (Fsp3) is 0.455. The molecule has 10 heterocycles. The highest BCUT2D eigenvalue weighted by molar-refractivity contribution is 7.60. The quantitative estimate of drug-likeness (QED) is 0.0619. The van der Waals surface area contributed by atoms with E-state index in [-0.39, 0.29) is 0 Å². The number of nitrogens with zero attached hydrogens (tertiary/aromatic N) is 14. The molecular weight excluding hydrogens is 1160 g/mol. The summed E-state index contributed by atoms with van der Waals surface area (Å²) in [7, 11) is 2.01. The second-order valence-corrected chi connectivity index (χ2v) is 27.5. The third-order valence-electron chi connectivity index (χ3n) is 18.3. The van der Waals surface area contributed by atoms with E-state index in [1.54, 1.807) is 115 Å². The molecule has 0 aromatic carbocycles. The lowest BCUT2D eigenvalue weighted by atomic mass is 9.82. The van der Waals surface area contributed by atoms with Gasteiger partial charge in [-0.05, 0) is 130 Å². The minimum Gasteiger partial charge on any atom is -0.481 e. The third-order valence-corrected chi connectivity index (χ3v) is 22.6. The predicted octanol–water partition coefficient (Wildman–Crippen LogP) is 14.2. The Bertz CT molecular complexity index is 3830. The van der Waals surface area contributed by atoms with Gasteiger partial charge >= 0.3 is 7.12 Å². The summed E-state index contributed by atoms with van der Waals surface area (Å²) in [5.41, 5.74) is 9.60. The lowest BCUT2D eigenvalue weighted by Gasteiger charge is -2.44. The summed E-state index contributed by atoms with van der Waals surface area (Å²) in [4.78, 5) is 35.3. The van der Waals surface area contributed by atoms with Gasteiger partial charge in [0.1, 0.15) is 11.3 Å². The van der Waals surface area contributed by atoms with E-state index < -0.39 is 7.12 Å². The average Bonchev–Trinajstić information content (AvgIpc) is 1.66. The van der Waals surface area contributed by atoms with Gasteiger partial charge in [-0.2, -0.15) is 9.97 Å². The zero-order valence-electron chi connectivity index (χ0n) is 50.9. The molecule has 23 heteroatoms. The molecule has 89 heavy (non-hydrogen) atoms. The van der Waals surface area contributed by atoms with E-state index in [9.17, 15) is 0 Å². The molecule has 0 aliphatic heterocycles. The van der Waals surface area contributed by atoms with E-state index in [0.717, 1.165) is 68.0 Å². The Morgan fingerprint density at radius 3 is 1.34 bits per heavy atom. The van der Waals surface area contributed by atoms with Crippen LogP contribution >= 0.6 is 19.5 Å². The van der Waals surface area contributed by atoms with E-state index in [1.807, 2.05) is 67.5 Å². The standard InChI is InChI=1S/C24H22N8O.C18H16ClN7.C18H33P.C6H8BNO3/c1-33-22-9-6-15(12-26-22)19-7-8-21(31-30-19)28-24-27-13-18-17-10-11-25-14-20(17)32(23(18)29-24)16-4-2-3-5-16;19-15-5-6-16(25-24-15)22-18-21-9-13-12-7-8-20-10-14(12)26(17(13)23-18)11-3-1-2-4-11;1-4-10-16(11-5-1)19(17-12-6-2-7-13-17)18-14-8-3-9-15-18;1-11-6-3-2-5(4-8-6)7(9)10/h6-14,16H,2-5H2,1H3,(H,27,28,29,31);5-11H,1-4H2,(H,21,22,23,25);16-18H,1-15H2;2-4,9-10H,1H3. The molecule has 5 aliphatic rings. The number of pyridine rings is 4. The Kier molecular flexibility index (Phi) is 20.7. The number of rotatable bonds is 13. The van der Waals surface area contributed by atoms with Crippen molar-refractivity contribution in [1.82, 2.24) is 69.4 Å². The maximum Gasteiger partial charge on any atom is 0.490 e. The summed E-state index contributed by atoms with van der Waals surface area (Å²) in [5, 5.41) is 44.8. The Balaban J connectivity index is 0.000000123. The van der Waals surface area contributed by atoms with Crippen molar-refractivity contribution in [2.45, 2.75) is 177 Å². The Morgan fingerprint density at radius 1 is 0.472 bits per heavy atom. The first-order valence-electron chi connectivity index (χ1n) is 32.0. The minimum absolute atomic E-state index is 0.348. The van der Waals surface area contributed by atoms with Crippen LogP contribution in [0.3, 0.4) is 0 Å². The molecule has 15 rings (SSSR count). The summed E-state index contributed by atoms with van der Waals surface area (Å²) in [5.74, 6) is 3.12. The number of ether oxygens (including phenoxy) is 2. The van der Waals surface area contributed by atoms with Gasteiger partial charge in [-0.15, -0.1) is 20.4 Å². The van der Waals surface area contributed by atoms with Crippen LogP contribution in [0, 0.1) is 0 Å². The fourth-order valence-corrected chi connectivity index (χ4v) is 18.8. The molecule has 4 N–H and O–H groups in total. The van der Waals surface area contributed by atoms with Crippen molar-refractivity contribution >= 4 is 99.5 Å². The first-order chi connectivity index (χ1) is 43.8. The van der Waals surface area contributed by atoms with Gasteiger partial charge in [0, 0.05) is 87.9 Å². The number of nitrogens with one attached hydrogen (secondary N) is 2. The molecule has 0 atom stereocenters. The SMILES string of the molecule is C1CCC(P(C2CCCCC2)C2CCCCC2)CC1.COc1ccc(-c2ccc(Nc3ncc4c5ccncc5n(C5CCCC5)c4n3)nn2)cn1.COc1ccc(B(O)O)cn1.Clc1ccc(Nc2ncc3c4ccncc4n(C4CCCC4)c3n2)nn1. The molecule has 462 valence electrons. The van der Waals surface area contributed by atoms with Crippen molar-refractivity contribution in [2.24, 2.45) is 0 Å². The Morgan fingerprint density at radius 2 is 0.933 bits per heavy atom. The zero-order valence-corrected chi connectivity index (χ0v) is 52.6. The number of fused-ring (bicyclic) bond motifs is 6. The monoisotopic (exact) mass is 1240 g/mol. The van der Waals surface area contributed by atoms with E-state index in [0.29, 0.717) is 65.9 Å². The lowest BCUT2D eigenvalue weighted by Crippen LogP contribution is -2.29. The van der Waals surface area contributed by atoms with Crippen LogP contribution < -0.4 is 25.6 Å². The normalized spacial score (nSPS) is 17.0. The number of methoxy groups -OCH3 is 2. The predicted molar refractivity (Wildman–Crippen MR) is 354 cm³/mol. The third kappa shape index (κ3) is 14.9. The molecule has 5 fully saturated rings. The van der Waals surface area contributed by atoms with Crippen molar-refractivity contribution in [3.8, 4) is 23.0 Å². The number of anilines is 4. The van der Waals surface area contributed by atoms with Crippen LogP contribution in [0.2, 0.25) is 5.15 Å². The van der Waals surface area contributed by atoms with Gasteiger partial charge < -0.3 is 39.3 Å². The molecule has 10 aromatic heterocycles. The molecule has 10 aromatic rings. The van der Waals surface area contributed by atoms with Crippen molar-refractivity contribution in [3.63, 3.8) is 0 Å². The van der Waals surface area contributed by atoms with Gasteiger partial charge in [-0.1, -0.05) is 109 Å². The molecule has 20 nitrogen and oxygen atoms in total. The number of aromatic nitrogens is 14. The van der Waals surface area contributed by atoms with Gasteiger partial charge in [-0.25, -0.2) is 19.9 Å². The maximum atomic E-state index is 8.66. The van der Waals surface area contributed by atoms with Crippen molar-refractivity contribution in [2.75, 3.05) is 24.9 Å². The molecule has 0 unspecified atom stereocenters. The van der Waals surface area contributed by atoms with Gasteiger partial charge in [0.05, 0.1) is 43.3 Å². The van der Waals surface area contributed by atoms with Crippen LogP contribution in [-0.4, -0.2) is 118 Å².